The Morgan fingerprint density at radius 1 is 1.09 bits per heavy atom. The third kappa shape index (κ3) is 4.25. The van der Waals surface area contributed by atoms with Gasteiger partial charge in [-0.1, -0.05) is 11.6 Å². The summed E-state index contributed by atoms with van der Waals surface area (Å²) in [7, 11) is -3.42. The summed E-state index contributed by atoms with van der Waals surface area (Å²) in [6.07, 6.45) is 3.81. The number of ether oxygens (including phenoxy) is 1. The van der Waals surface area contributed by atoms with Gasteiger partial charge in [-0.15, -0.1) is 0 Å². The van der Waals surface area contributed by atoms with Crippen molar-refractivity contribution in [1.29, 1.82) is 0 Å². The average molecular weight is 359 g/mol. The fourth-order valence-corrected chi connectivity index (χ4v) is 4.70. The van der Waals surface area contributed by atoms with E-state index in [1.807, 2.05) is 0 Å². The summed E-state index contributed by atoms with van der Waals surface area (Å²) in [5.41, 5.74) is 0. The molecule has 2 heterocycles. The lowest BCUT2D eigenvalue weighted by Gasteiger charge is -2.36. The minimum atomic E-state index is -3.42. The van der Waals surface area contributed by atoms with E-state index < -0.39 is 10.0 Å². The normalized spacial score (nSPS) is 24.7. The molecule has 1 aromatic rings. The highest BCUT2D eigenvalue weighted by molar-refractivity contribution is 7.89. The summed E-state index contributed by atoms with van der Waals surface area (Å²) in [5, 5.41) is 0.543. The topological polar surface area (TPSA) is 49.9 Å². The number of sulfonamides is 1. The molecular formula is C16H23ClN2O3S. The Morgan fingerprint density at radius 2 is 1.78 bits per heavy atom. The van der Waals surface area contributed by atoms with Gasteiger partial charge in [-0.25, -0.2) is 8.42 Å². The number of benzene rings is 1. The van der Waals surface area contributed by atoms with Crippen LogP contribution in [0.5, 0.6) is 0 Å². The predicted octanol–water partition coefficient (Wildman–Crippen LogP) is 2.22. The van der Waals surface area contributed by atoms with Crippen molar-refractivity contribution in [3.05, 3.63) is 29.3 Å². The van der Waals surface area contributed by atoms with Gasteiger partial charge in [0.15, 0.2) is 0 Å². The summed E-state index contributed by atoms with van der Waals surface area (Å²) in [4.78, 5) is 2.62. The van der Waals surface area contributed by atoms with Crippen molar-refractivity contribution in [1.82, 2.24) is 9.21 Å². The number of rotatable bonds is 4. The largest absolute Gasteiger partial charge is 0.377 e. The van der Waals surface area contributed by atoms with E-state index in [-0.39, 0.29) is 0 Å². The van der Waals surface area contributed by atoms with E-state index in [1.165, 1.54) is 6.42 Å². The van der Waals surface area contributed by atoms with Gasteiger partial charge in [0.05, 0.1) is 11.0 Å². The second-order valence-corrected chi connectivity index (χ2v) is 8.52. The zero-order chi connectivity index (χ0) is 16.3. The van der Waals surface area contributed by atoms with Crippen molar-refractivity contribution < 1.29 is 13.2 Å². The van der Waals surface area contributed by atoms with E-state index in [0.29, 0.717) is 29.1 Å². The maximum atomic E-state index is 12.6. The highest BCUT2D eigenvalue weighted by Crippen LogP contribution is 2.21. The Hall–Kier alpha value is -0.660. The monoisotopic (exact) mass is 358 g/mol. The molecule has 0 radical (unpaired) electrons. The van der Waals surface area contributed by atoms with Crippen LogP contribution >= 0.6 is 11.6 Å². The SMILES string of the molecule is O=S(=O)(c1ccc(Cl)cc1)N1CCN(C[C@@H]2CCCCO2)CC1. The molecule has 7 heteroatoms. The molecule has 1 aromatic carbocycles. The Balaban J connectivity index is 1.56. The maximum Gasteiger partial charge on any atom is 0.243 e. The van der Waals surface area contributed by atoms with Crippen LogP contribution in [0.2, 0.25) is 5.02 Å². The zero-order valence-corrected chi connectivity index (χ0v) is 14.7. The molecule has 0 saturated carbocycles. The van der Waals surface area contributed by atoms with E-state index in [1.54, 1.807) is 28.6 Å². The van der Waals surface area contributed by atoms with Crippen molar-refractivity contribution in [2.24, 2.45) is 0 Å². The van der Waals surface area contributed by atoms with Crippen molar-refractivity contribution in [2.45, 2.75) is 30.3 Å². The molecule has 0 unspecified atom stereocenters. The standard InChI is InChI=1S/C16H23ClN2O3S/c17-14-4-6-16(7-5-14)23(20,21)19-10-8-18(9-11-19)13-15-3-1-2-12-22-15/h4-7,15H,1-3,8-13H2/t15-/m0/s1. The van der Waals surface area contributed by atoms with Crippen molar-refractivity contribution in [2.75, 3.05) is 39.3 Å². The third-order valence-electron chi connectivity index (χ3n) is 4.52. The number of hydrogen-bond donors (Lipinski definition) is 0. The minimum absolute atomic E-state index is 0.308. The van der Waals surface area contributed by atoms with Crippen LogP contribution in [0.15, 0.2) is 29.2 Å². The molecule has 2 saturated heterocycles. The molecule has 1 atom stereocenters. The van der Waals surface area contributed by atoms with Gasteiger partial charge in [-0.3, -0.25) is 4.90 Å². The van der Waals surface area contributed by atoms with Crippen LogP contribution in [0.25, 0.3) is 0 Å². The lowest BCUT2D eigenvalue weighted by Crippen LogP contribution is -2.50. The van der Waals surface area contributed by atoms with Crippen molar-refractivity contribution in [3.8, 4) is 0 Å². The van der Waals surface area contributed by atoms with Gasteiger partial charge in [0.2, 0.25) is 10.0 Å². The van der Waals surface area contributed by atoms with Crippen molar-refractivity contribution >= 4 is 21.6 Å². The second kappa shape index (κ2) is 7.49. The summed E-state index contributed by atoms with van der Waals surface area (Å²) in [5.74, 6) is 0. The maximum absolute atomic E-state index is 12.6. The van der Waals surface area contributed by atoms with Gasteiger partial charge in [-0.05, 0) is 43.5 Å². The average Bonchev–Trinajstić information content (AvgIpc) is 2.57. The number of piperazine rings is 1. The zero-order valence-electron chi connectivity index (χ0n) is 13.2. The molecule has 128 valence electrons. The predicted molar refractivity (Wildman–Crippen MR) is 90.2 cm³/mol. The molecule has 2 aliphatic rings. The summed E-state index contributed by atoms with van der Waals surface area (Å²) in [6.45, 7) is 4.33. The molecule has 0 amide bonds. The van der Waals surface area contributed by atoms with Crippen LogP contribution in [-0.4, -0.2) is 63.1 Å². The van der Waals surface area contributed by atoms with E-state index in [9.17, 15) is 8.42 Å². The highest BCUT2D eigenvalue weighted by atomic mass is 35.5. The third-order valence-corrected chi connectivity index (χ3v) is 6.68. The lowest BCUT2D eigenvalue weighted by atomic mass is 10.1. The number of nitrogens with zero attached hydrogens (tertiary/aromatic N) is 2. The van der Waals surface area contributed by atoms with Crippen LogP contribution in [-0.2, 0) is 14.8 Å². The van der Waals surface area contributed by atoms with E-state index in [4.69, 9.17) is 16.3 Å². The first-order valence-electron chi connectivity index (χ1n) is 8.15. The molecule has 0 spiro atoms. The first kappa shape index (κ1) is 17.2. The highest BCUT2D eigenvalue weighted by Gasteiger charge is 2.29. The van der Waals surface area contributed by atoms with E-state index in [2.05, 4.69) is 4.90 Å². The molecule has 3 rings (SSSR count). The summed E-state index contributed by atoms with van der Waals surface area (Å²) < 4.78 is 32.6. The Labute approximate surface area is 143 Å². The van der Waals surface area contributed by atoms with Crippen LogP contribution in [0.1, 0.15) is 19.3 Å². The van der Waals surface area contributed by atoms with Gasteiger partial charge >= 0.3 is 0 Å². The first-order valence-corrected chi connectivity index (χ1v) is 9.97. The molecule has 0 bridgehead atoms. The fourth-order valence-electron chi connectivity index (χ4n) is 3.15. The Bertz CT molecular complexity index is 607. The summed E-state index contributed by atoms with van der Waals surface area (Å²) in [6, 6.07) is 6.37. The van der Waals surface area contributed by atoms with Gasteiger partial charge in [0, 0.05) is 44.4 Å². The fraction of sp³-hybridized carbons (Fsp3) is 0.625. The van der Waals surface area contributed by atoms with Crippen LogP contribution < -0.4 is 0 Å². The minimum Gasteiger partial charge on any atom is -0.377 e. The van der Waals surface area contributed by atoms with Gasteiger partial charge in [0.25, 0.3) is 0 Å². The number of halogens is 1. The van der Waals surface area contributed by atoms with Crippen LogP contribution in [0.4, 0.5) is 0 Å². The molecule has 2 aliphatic heterocycles. The molecule has 0 aromatic heterocycles. The molecule has 0 aliphatic carbocycles. The molecule has 5 nitrogen and oxygen atoms in total. The van der Waals surface area contributed by atoms with Crippen molar-refractivity contribution in [3.63, 3.8) is 0 Å². The Kier molecular flexibility index (Phi) is 5.59. The summed E-state index contributed by atoms with van der Waals surface area (Å²) >= 11 is 5.83. The molecule has 2 fully saturated rings. The molecule has 0 N–H and O–H groups in total. The first-order chi connectivity index (χ1) is 11.1. The van der Waals surface area contributed by atoms with Crippen LogP contribution in [0, 0.1) is 0 Å². The lowest BCUT2D eigenvalue weighted by molar-refractivity contribution is -0.0103. The quantitative estimate of drug-likeness (QED) is 0.828. The van der Waals surface area contributed by atoms with Crippen LogP contribution in [0.3, 0.4) is 0 Å². The smallest absolute Gasteiger partial charge is 0.243 e. The number of hydrogen-bond acceptors (Lipinski definition) is 4. The van der Waals surface area contributed by atoms with Gasteiger partial charge in [-0.2, -0.15) is 4.31 Å². The van der Waals surface area contributed by atoms with Gasteiger partial charge < -0.3 is 4.74 Å². The van der Waals surface area contributed by atoms with E-state index in [0.717, 1.165) is 39.1 Å². The van der Waals surface area contributed by atoms with E-state index >= 15 is 0 Å². The van der Waals surface area contributed by atoms with Gasteiger partial charge in [0.1, 0.15) is 0 Å². The molecule has 23 heavy (non-hydrogen) atoms. The second-order valence-electron chi connectivity index (χ2n) is 6.15. The Morgan fingerprint density at radius 3 is 2.39 bits per heavy atom. The molecular weight excluding hydrogens is 336 g/mol.